The second kappa shape index (κ2) is 7.89. The highest BCUT2D eigenvalue weighted by atomic mass is 16.4. The van der Waals surface area contributed by atoms with Crippen molar-refractivity contribution in [1.29, 1.82) is 0 Å². The number of carbonyl (C=O) groups excluding carboxylic acids is 1. The molecule has 2 N–H and O–H groups in total. The molecule has 17 heavy (non-hydrogen) atoms. The number of urea groups is 1. The van der Waals surface area contributed by atoms with Gasteiger partial charge in [-0.05, 0) is 27.4 Å². The molecule has 2 amide bonds. The van der Waals surface area contributed by atoms with E-state index in [0.717, 1.165) is 13.0 Å². The van der Waals surface area contributed by atoms with Crippen LogP contribution in [0.2, 0.25) is 0 Å². The number of hydrogen-bond acceptors (Lipinski definition) is 3. The summed E-state index contributed by atoms with van der Waals surface area (Å²) in [7, 11) is 3.83. The quantitative estimate of drug-likeness (QED) is 0.683. The minimum absolute atomic E-state index is 0.0783. The van der Waals surface area contributed by atoms with Crippen molar-refractivity contribution in [3.63, 3.8) is 0 Å². The summed E-state index contributed by atoms with van der Waals surface area (Å²) in [5, 5.41) is 11.5. The SMILES string of the molecule is CCC(C)N(CC(=O)O)C(=O)NCCN(C)C. The number of carboxylic acid groups (broad SMARTS) is 1. The summed E-state index contributed by atoms with van der Waals surface area (Å²) in [6.07, 6.45) is 0.731. The van der Waals surface area contributed by atoms with Crippen LogP contribution in [0, 0.1) is 0 Å². The van der Waals surface area contributed by atoms with Crippen molar-refractivity contribution in [2.75, 3.05) is 33.7 Å². The molecule has 1 unspecified atom stereocenters. The molecule has 6 heteroatoms. The number of rotatable bonds is 7. The molecule has 6 nitrogen and oxygen atoms in total. The average Bonchev–Trinajstić information content (AvgIpc) is 2.23. The first-order valence-corrected chi connectivity index (χ1v) is 5.79. The maximum absolute atomic E-state index is 11.8. The Bertz CT molecular complexity index is 256. The molecule has 0 aliphatic heterocycles. The van der Waals surface area contributed by atoms with Crippen molar-refractivity contribution in [3.8, 4) is 0 Å². The number of likely N-dealkylation sites (N-methyl/N-ethyl adjacent to an activating group) is 1. The van der Waals surface area contributed by atoms with Gasteiger partial charge in [-0.25, -0.2) is 4.79 Å². The molecule has 0 spiro atoms. The molecule has 0 aromatic carbocycles. The van der Waals surface area contributed by atoms with Crippen LogP contribution in [0.1, 0.15) is 20.3 Å². The Balaban J connectivity index is 4.27. The first-order valence-electron chi connectivity index (χ1n) is 5.79. The van der Waals surface area contributed by atoms with Gasteiger partial charge < -0.3 is 20.2 Å². The Morgan fingerprint density at radius 3 is 2.35 bits per heavy atom. The Hall–Kier alpha value is -1.30. The van der Waals surface area contributed by atoms with Gasteiger partial charge >= 0.3 is 12.0 Å². The number of nitrogens with zero attached hydrogens (tertiary/aromatic N) is 2. The summed E-state index contributed by atoms with van der Waals surface area (Å²) in [6.45, 7) is 4.75. The molecular weight excluding hydrogens is 222 g/mol. The molecule has 0 radical (unpaired) electrons. The van der Waals surface area contributed by atoms with Crippen molar-refractivity contribution in [2.45, 2.75) is 26.3 Å². The molecule has 0 bridgehead atoms. The van der Waals surface area contributed by atoms with Crippen LogP contribution >= 0.6 is 0 Å². The molecule has 0 aliphatic rings. The third-order valence-electron chi connectivity index (χ3n) is 2.52. The lowest BCUT2D eigenvalue weighted by Gasteiger charge is -2.27. The highest BCUT2D eigenvalue weighted by Gasteiger charge is 2.20. The number of hydrogen-bond donors (Lipinski definition) is 2. The zero-order valence-electron chi connectivity index (χ0n) is 11.1. The third kappa shape index (κ3) is 6.78. The molecule has 100 valence electrons. The number of nitrogens with one attached hydrogen (secondary N) is 1. The molecule has 0 aromatic heterocycles. The Morgan fingerprint density at radius 2 is 1.94 bits per heavy atom. The van der Waals surface area contributed by atoms with Crippen LogP contribution in [0.3, 0.4) is 0 Å². The summed E-state index contributed by atoms with van der Waals surface area (Å²) in [5.41, 5.74) is 0. The van der Waals surface area contributed by atoms with E-state index in [-0.39, 0.29) is 18.6 Å². The van der Waals surface area contributed by atoms with Crippen molar-refractivity contribution in [2.24, 2.45) is 0 Å². The molecule has 1 atom stereocenters. The van der Waals surface area contributed by atoms with E-state index in [1.54, 1.807) is 0 Å². The Kier molecular flexibility index (Phi) is 7.29. The van der Waals surface area contributed by atoms with Crippen LogP contribution in [-0.2, 0) is 4.79 Å². The van der Waals surface area contributed by atoms with E-state index in [9.17, 15) is 9.59 Å². The highest BCUT2D eigenvalue weighted by molar-refractivity contribution is 5.80. The first-order chi connectivity index (χ1) is 7.88. The van der Waals surface area contributed by atoms with Gasteiger partial charge in [0.2, 0.25) is 0 Å². The second-order valence-electron chi connectivity index (χ2n) is 4.31. The smallest absolute Gasteiger partial charge is 0.323 e. The lowest BCUT2D eigenvalue weighted by atomic mass is 10.2. The van der Waals surface area contributed by atoms with Crippen LogP contribution < -0.4 is 5.32 Å². The topological polar surface area (TPSA) is 72.9 Å². The molecule has 0 saturated heterocycles. The van der Waals surface area contributed by atoms with Gasteiger partial charge in [-0.3, -0.25) is 4.79 Å². The molecule has 0 aliphatic carbocycles. The third-order valence-corrected chi connectivity index (χ3v) is 2.52. The summed E-state index contributed by atoms with van der Waals surface area (Å²) in [5.74, 6) is -0.993. The van der Waals surface area contributed by atoms with Gasteiger partial charge in [0.05, 0.1) is 0 Å². The van der Waals surface area contributed by atoms with Crippen molar-refractivity contribution >= 4 is 12.0 Å². The molecular formula is C11H23N3O3. The normalized spacial score (nSPS) is 12.3. The fraction of sp³-hybridized carbons (Fsp3) is 0.818. The van der Waals surface area contributed by atoms with Gasteiger partial charge in [0.15, 0.2) is 0 Å². The van der Waals surface area contributed by atoms with Gasteiger partial charge in [-0.15, -0.1) is 0 Å². The van der Waals surface area contributed by atoms with Crippen molar-refractivity contribution in [3.05, 3.63) is 0 Å². The van der Waals surface area contributed by atoms with Crippen LogP contribution in [0.25, 0.3) is 0 Å². The number of amides is 2. The summed E-state index contributed by atoms with van der Waals surface area (Å²) in [4.78, 5) is 25.8. The molecule has 0 rings (SSSR count). The predicted octanol–water partition coefficient (Wildman–Crippen LogP) is 0.443. The van der Waals surface area contributed by atoms with E-state index in [4.69, 9.17) is 5.11 Å². The molecule has 0 fully saturated rings. The predicted molar refractivity (Wildman–Crippen MR) is 66.0 cm³/mol. The lowest BCUT2D eigenvalue weighted by molar-refractivity contribution is -0.138. The minimum atomic E-state index is -0.993. The summed E-state index contributed by atoms with van der Waals surface area (Å²) in [6, 6.07) is -0.394. The van der Waals surface area contributed by atoms with Gasteiger partial charge in [0.25, 0.3) is 0 Å². The fourth-order valence-corrected chi connectivity index (χ4v) is 1.28. The van der Waals surface area contributed by atoms with E-state index >= 15 is 0 Å². The lowest BCUT2D eigenvalue weighted by Crippen LogP contribution is -2.48. The second-order valence-corrected chi connectivity index (χ2v) is 4.31. The van der Waals surface area contributed by atoms with Crippen LogP contribution in [-0.4, -0.2) is 66.7 Å². The van der Waals surface area contributed by atoms with Gasteiger partial charge in [-0.1, -0.05) is 6.92 Å². The number of carbonyl (C=O) groups is 2. The van der Waals surface area contributed by atoms with Gasteiger partial charge in [-0.2, -0.15) is 0 Å². The maximum Gasteiger partial charge on any atom is 0.323 e. The van der Waals surface area contributed by atoms with Crippen LogP contribution in [0.5, 0.6) is 0 Å². The van der Waals surface area contributed by atoms with Crippen molar-refractivity contribution in [1.82, 2.24) is 15.1 Å². The Morgan fingerprint density at radius 1 is 1.35 bits per heavy atom. The zero-order valence-corrected chi connectivity index (χ0v) is 11.1. The van der Waals surface area contributed by atoms with Crippen molar-refractivity contribution < 1.29 is 14.7 Å². The largest absolute Gasteiger partial charge is 0.480 e. The number of aliphatic carboxylic acids is 1. The first kappa shape index (κ1) is 15.7. The standard InChI is InChI=1S/C11H23N3O3/c1-5-9(2)14(8-10(15)16)11(17)12-6-7-13(3)4/h9H,5-8H2,1-4H3,(H,12,17)(H,15,16). The van der Waals surface area contributed by atoms with Gasteiger partial charge in [0, 0.05) is 19.1 Å². The fourth-order valence-electron chi connectivity index (χ4n) is 1.28. The van der Waals surface area contributed by atoms with E-state index in [0.29, 0.717) is 6.54 Å². The van der Waals surface area contributed by atoms with E-state index in [1.807, 2.05) is 32.8 Å². The number of carboxylic acids is 1. The summed E-state index contributed by atoms with van der Waals surface area (Å²) < 4.78 is 0. The van der Waals surface area contributed by atoms with E-state index in [1.165, 1.54) is 4.90 Å². The van der Waals surface area contributed by atoms with Crippen LogP contribution in [0.15, 0.2) is 0 Å². The molecule has 0 heterocycles. The van der Waals surface area contributed by atoms with E-state index < -0.39 is 5.97 Å². The zero-order chi connectivity index (χ0) is 13.4. The minimum Gasteiger partial charge on any atom is -0.480 e. The van der Waals surface area contributed by atoms with Crippen LogP contribution in [0.4, 0.5) is 4.79 Å². The Labute approximate surface area is 103 Å². The maximum atomic E-state index is 11.8. The summed E-state index contributed by atoms with van der Waals surface area (Å²) >= 11 is 0. The molecule has 0 aromatic rings. The monoisotopic (exact) mass is 245 g/mol. The van der Waals surface area contributed by atoms with Gasteiger partial charge in [0.1, 0.15) is 6.54 Å². The molecule has 0 saturated carbocycles. The average molecular weight is 245 g/mol. The highest BCUT2D eigenvalue weighted by Crippen LogP contribution is 2.03. The van der Waals surface area contributed by atoms with E-state index in [2.05, 4.69) is 5.32 Å².